The molecule has 0 saturated carbocycles. The lowest BCUT2D eigenvalue weighted by atomic mass is 9.93. The number of hydrogen-bond acceptors (Lipinski definition) is 6. The highest BCUT2D eigenvalue weighted by molar-refractivity contribution is 7.93. The second-order valence-corrected chi connectivity index (χ2v) is 11.4. The van der Waals surface area contributed by atoms with E-state index in [0.29, 0.717) is 37.3 Å². The number of fused-ring (bicyclic) bond motifs is 1. The van der Waals surface area contributed by atoms with E-state index in [4.69, 9.17) is 11.6 Å². The number of β-lactam (4-membered cyclic amide) rings is 1. The standard InChI is InChI=1S/C19H16ClNO4S.C6H9NO2/c20-15-6-8-16(9-7-15)26(24,25)19-11-17(22)21(19)12-14(18(19)23)10-13-4-2-1-3-5-13;8-5-1-2-6(9)7-4-3-5/h1-9,14H,10-12H2;1-4H2,(H,7,9). The first kappa shape index (κ1) is 25.1. The van der Waals surface area contributed by atoms with Crippen molar-refractivity contribution in [2.45, 2.75) is 41.9 Å². The number of amides is 2. The van der Waals surface area contributed by atoms with Crippen LogP contribution in [0.2, 0.25) is 5.02 Å². The zero-order chi connectivity index (χ0) is 25.2. The summed E-state index contributed by atoms with van der Waals surface area (Å²) in [5.74, 6) is -1.03. The predicted molar refractivity (Wildman–Crippen MR) is 128 cm³/mol. The Morgan fingerprint density at radius 2 is 1.63 bits per heavy atom. The second-order valence-electron chi connectivity index (χ2n) is 8.81. The van der Waals surface area contributed by atoms with Crippen LogP contribution in [0.4, 0.5) is 0 Å². The van der Waals surface area contributed by atoms with Crippen molar-refractivity contribution in [2.24, 2.45) is 5.92 Å². The Morgan fingerprint density at radius 3 is 2.29 bits per heavy atom. The van der Waals surface area contributed by atoms with E-state index in [0.717, 1.165) is 5.56 Å². The van der Waals surface area contributed by atoms with Gasteiger partial charge in [0.25, 0.3) is 0 Å². The van der Waals surface area contributed by atoms with Gasteiger partial charge in [-0.2, -0.15) is 0 Å². The summed E-state index contributed by atoms with van der Waals surface area (Å²) in [5, 5.41) is 3.02. The Labute approximate surface area is 208 Å². The van der Waals surface area contributed by atoms with Gasteiger partial charge in [0.05, 0.1) is 11.3 Å². The maximum Gasteiger partial charge on any atom is 0.228 e. The Hall–Kier alpha value is -3.04. The first-order chi connectivity index (χ1) is 16.6. The van der Waals surface area contributed by atoms with E-state index in [1.165, 1.54) is 29.2 Å². The highest BCUT2D eigenvalue weighted by Crippen LogP contribution is 2.48. The van der Waals surface area contributed by atoms with Gasteiger partial charge in [0.2, 0.25) is 26.5 Å². The maximum atomic E-state index is 13.2. The number of halogens is 1. The molecule has 3 aliphatic rings. The molecular weight excluding hydrogens is 492 g/mol. The van der Waals surface area contributed by atoms with E-state index in [2.05, 4.69) is 5.32 Å². The van der Waals surface area contributed by atoms with E-state index in [9.17, 15) is 27.6 Å². The highest BCUT2D eigenvalue weighted by atomic mass is 35.5. The fourth-order valence-electron chi connectivity index (χ4n) is 4.64. The molecule has 2 atom stereocenters. The maximum absolute atomic E-state index is 13.2. The molecular formula is C25H25ClN2O6S. The van der Waals surface area contributed by atoms with Crippen molar-refractivity contribution in [3.8, 4) is 0 Å². The van der Waals surface area contributed by atoms with Crippen LogP contribution in [0.5, 0.6) is 0 Å². The number of nitrogens with one attached hydrogen (secondary N) is 1. The average Bonchev–Trinajstić information content (AvgIpc) is 2.93. The number of hydrogen-bond donors (Lipinski definition) is 1. The number of carbonyl (C=O) groups excluding carboxylic acids is 4. The summed E-state index contributed by atoms with van der Waals surface area (Å²) in [4.78, 5) is 45.9. The molecule has 1 N–H and O–H groups in total. The third-order valence-corrected chi connectivity index (χ3v) is 9.14. The van der Waals surface area contributed by atoms with Gasteiger partial charge in [-0.25, -0.2) is 8.42 Å². The van der Waals surface area contributed by atoms with Gasteiger partial charge in [-0.15, -0.1) is 0 Å². The van der Waals surface area contributed by atoms with E-state index >= 15 is 0 Å². The van der Waals surface area contributed by atoms with Crippen molar-refractivity contribution < 1.29 is 27.6 Å². The summed E-state index contributed by atoms with van der Waals surface area (Å²) >= 11 is 5.84. The molecule has 3 aliphatic heterocycles. The van der Waals surface area contributed by atoms with Gasteiger partial charge < -0.3 is 10.2 Å². The number of nitrogens with zero attached hydrogens (tertiary/aromatic N) is 1. The van der Waals surface area contributed by atoms with Gasteiger partial charge in [-0.3, -0.25) is 19.2 Å². The molecule has 3 saturated heterocycles. The molecule has 5 rings (SSSR count). The summed E-state index contributed by atoms with van der Waals surface area (Å²) in [7, 11) is -4.03. The molecule has 0 aromatic heterocycles. The number of carbonyl (C=O) groups is 4. The van der Waals surface area contributed by atoms with Crippen LogP contribution >= 0.6 is 11.6 Å². The van der Waals surface area contributed by atoms with Crippen LogP contribution in [-0.4, -0.2) is 54.7 Å². The quantitative estimate of drug-likeness (QED) is 0.623. The molecule has 35 heavy (non-hydrogen) atoms. The molecule has 0 bridgehead atoms. The molecule has 2 amide bonds. The van der Waals surface area contributed by atoms with Crippen molar-refractivity contribution in [3.63, 3.8) is 0 Å². The summed E-state index contributed by atoms with van der Waals surface area (Å²) in [6, 6.07) is 15.1. The van der Waals surface area contributed by atoms with Crippen LogP contribution in [0.3, 0.4) is 0 Å². The van der Waals surface area contributed by atoms with E-state index in [-0.39, 0.29) is 35.5 Å². The smallest absolute Gasteiger partial charge is 0.228 e. The lowest BCUT2D eigenvalue weighted by Crippen LogP contribution is -2.67. The highest BCUT2D eigenvalue weighted by Gasteiger charge is 2.70. The van der Waals surface area contributed by atoms with Gasteiger partial charge >= 0.3 is 0 Å². The molecule has 8 nitrogen and oxygen atoms in total. The molecule has 184 valence electrons. The molecule has 10 heteroatoms. The van der Waals surface area contributed by atoms with Crippen molar-refractivity contribution in [1.29, 1.82) is 0 Å². The van der Waals surface area contributed by atoms with Crippen LogP contribution in [-0.2, 0) is 35.4 Å². The zero-order valence-corrected chi connectivity index (χ0v) is 20.5. The van der Waals surface area contributed by atoms with Crippen molar-refractivity contribution >= 4 is 44.8 Å². The van der Waals surface area contributed by atoms with Gasteiger partial charge in [0.15, 0.2) is 5.78 Å². The van der Waals surface area contributed by atoms with Gasteiger partial charge in [0.1, 0.15) is 5.78 Å². The number of rotatable bonds is 4. The van der Waals surface area contributed by atoms with Gasteiger partial charge in [-0.1, -0.05) is 41.9 Å². The molecule has 0 radical (unpaired) electrons. The first-order valence-corrected chi connectivity index (χ1v) is 13.2. The van der Waals surface area contributed by atoms with E-state index in [1.807, 2.05) is 30.3 Å². The van der Waals surface area contributed by atoms with Crippen LogP contribution in [0.25, 0.3) is 0 Å². The Balaban J connectivity index is 0.000000271. The average molecular weight is 517 g/mol. The number of Topliss-reactive ketones (excluding diaryl/α,β-unsaturated/α-hetero) is 2. The number of ketones is 2. The molecule has 2 aromatic carbocycles. The van der Waals surface area contributed by atoms with Gasteiger partial charge in [0, 0.05) is 43.3 Å². The largest absolute Gasteiger partial charge is 0.356 e. The van der Waals surface area contributed by atoms with Crippen LogP contribution in [0.15, 0.2) is 59.5 Å². The van der Waals surface area contributed by atoms with Crippen molar-refractivity contribution in [2.75, 3.05) is 13.1 Å². The summed E-state index contributed by atoms with van der Waals surface area (Å²) < 4.78 is 26.5. The lowest BCUT2D eigenvalue weighted by molar-refractivity contribution is -0.150. The summed E-state index contributed by atoms with van der Waals surface area (Å²) in [5.41, 5.74) is 0.944. The lowest BCUT2D eigenvalue weighted by Gasteiger charge is -2.44. The Morgan fingerprint density at radius 1 is 0.943 bits per heavy atom. The molecule has 2 aromatic rings. The third kappa shape index (κ3) is 4.75. The topological polar surface area (TPSA) is 118 Å². The van der Waals surface area contributed by atoms with Crippen molar-refractivity contribution in [3.05, 3.63) is 65.2 Å². The SMILES string of the molecule is O=C1CC2(S(=O)(=O)c3ccc(Cl)cc3)C(=O)C(Cc3ccccc3)CN12.O=C1CCNC(=O)CC1. The van der Waals surface area contributed by atoms with E-state index < -0.39 is 26.4 Å². The normalized spacial score (nSPS) is 24.0. The Bertz CT molecular complexity index is 1250. The predicted octanol–water partition coefficient (Wildman–Crippen LogP) is 2.34. The fraction of sp³-hybridized carbons (Fsp3) is 0.360. The Kier molecular flexibility index (Phi) is 7.10. The van der Waals surface area contributed by atoms with Crippen LogP contribution in [0.1, 0.15) is 31.2 Å². The first-order valence-electron chi connectivity index (χ1n) is 11.3. The molecule has 0 aliphatic carbocycles. The van der Waals surface area contributed by atoms with Crippen LogP contribution < -0.4 is 5.32 Å². The molecule has 3 heterocycles. The molecule has 2 unspecified atom stereocenters. The minimum absolute atomic E-state index is 0.000787. The second kappa shape index (κ2) is 9.91. The minimum atomic E-state index is -4.03. The summed E-state index contributed by atoms with van der Waals surface area (Å²) in [6.45, 7) is 0.664. The van der Waals surface area contributed by atoms with Crippen LogP contribution in [0, 0.1) is 5.92 Å². The van der Waals surface area contributed by atoms with E-state index in [1.54, 1.807) is 0 Å². The molecule has 3 fully saturated rings. The number of benzene rings is 2. The fourth-order valence-corrected chi connectivity index (χ4v) is 6.86. The monoisotopic (exact) mass is 516 g/mol. The molecule has 0 spiro atoms. The van der Waals surface area contributed by atoms with Crippen molar-refractivity contribution in [1.82, 2.24) is 10.2 Å². The zero-order valence-electron chi connectivity index (χ0n) is 18.9. The van der Waals surface area contributed by atoms with Gasteiger partial charge in [-0.05, 0) is 36.2 Å². The third-order valence-electron chi connectivity index (χ3n) is 6.54. The number of sulfone groups is 1. The minimum Gasteiger partial charge on any atom is -0.356 e. The summed E-state index contributed by atoms with van der Waals surface area (Å²) in [6.07, 6.45) is 1.43.